The fraction of sp³-hybridized carbons (Fsp3) is 0.133. The number of carbonyl (C=O) groups excluding carboxylic acids is 1. The molecule has 5 aromatic rings. The van der Waals surface area contributed by atoms with Gasteiger partial charge in [0.2, 0.25) is 0 Å². The molecule has 3 heterocycles. The van der Waals surface area contributed by atoms with Crippen LogP contribution in [0.1, 0.15) is 28.6 Å². The Morgan fingerprint density at radius 3 is 2.53 bits per heavy atom. The summed E-state index contributed by atoms with van der Waals surface area (Å²) in [6, 6.07) is 29.3. The van der Waals surface area contributed by atoms with Crippen LogP contribution in [0.25, 0.3) is 11.5 Å². The maximum absolute atomic E-state index is 14.0. The molecule has 6 nitrogen and oxygen atoms in total. The number of benzene rings is 3. The van der Waals surface area contributed by atoms with Crippen LogP contribution in [0, 0.1) is 6.92 Å². The Bertz CT molecular complexity index is 1610. The minimum Gasteiger partial charge on any atom is -0.308 e. The molecule has 0 fully saturated rings. The van der Waals surface area contributed by atoms with Gasteiger partial charge < -0.3 is 14.8 Å². The summed E-state index contributed by atoms with van der Waals surface area (Å²) in [6.45, 7) is 2.39. The molecule has 2 aromatic heterocycles. The first-order valence-electron chi connectivity index (χ1n) is 12.3. The average molecular weight is 540 g/mol. The maximum Gasteiger partial charge on any atom is 0.322 e. The first kappa shape index (κ1) is 24.4. The summed E-state index contributed by atoms with van der Waals surface area (Å²) < 4.78 is 4.14. The van der Waals surface area contributed by atoms with Gasteiger partial charge in [0, 0.05) is 27.4 Å². The second kappa shape index (κ2) is 10.1. The van der Waals surface area contributed by atoms with Gasteiger partial charge in [0.25, 0.3) is 0 Å². The molecule has 0 saturated heterocycles. The molecule has 0 spiro atoms. The highest BCUT2D eigenvalue weighted by atomic mass is 35.5. The van der Waals surface area contributed by atoms with Gasteiger partial charge >= 0.3 is 6.03 Å². The summed E-state index contributed by atoms with van der Waals surface area (Å²) >= 11 is 7.91. The number of halogens is 1. The fourth-order valence-electron chi connectivity index (χ4n) is 5.05. The van der Waals surface area contributed by atoms with Crippen LogP contribution >= 0.6 is 23.4 Å². The summed E-state index contributed by atoms with van der Waals surface area (Å²) in [4.78, 5) is 17.1. The molecule has 3 aromatic carbocycles. The van der Waals surface area contributed by atoms with Crippen LogP contribution in [0.4, 0.5) is 10.5 Å². The molecule has 0 saturated carbocycles. The van der Waals surface area contributed by atoms with Crippen LogP contribution < -0.4 is 5.32 Å². The second-order valence-corrected chi connectivity index (χ2v) is 10.5. The number of thioether (sulfide) groups is 1. The number of nitrogens with one attached hydrogen (secondary N) is 1. The smallest absolute Gasteiger partial charge is 0.308 e. The molecule has 1 unspecified atom stereocenters. The normalized spacial score (nSPS) is 14.5. The number of aromatic nitrogens is 3. The van der Waals surface area contributed by atoms with Gasteiger partial charge in [-0.3, -0.25) is 0 Å². The predicted molar refractivity (Wildman–Crippen MR) is 154 cm³/mol. The largest absolute Gasteiger partial charge is 0.322 e. The quantitative estimate of drug-likeness (QED) is 0.241. The minimum absolute atomic E-state index is 0.210. The molecule has 1 aliphatic heterocycles. The van der Waals surface area contributed by atoms with Crippen molar-refractivity contribution in [1.82, 2.24) is 19.2 Å². The van der Waals surface area contributed by atoms with Gasteiger partial charge in [-0.05, 0) is 73.3 Å². The van der Waals surface area contributed by atoms with Gasteiger partial charge in [-0.2, -0.15) is 5.10 Å². The number of para-hydroxylation sites is 1. The third kappa shape index (κ3) is 4.38. The number of amides is 2. The predicted octanol–water partition coefficient (Wildman–Crippen LogP) is 7.48. The molecule has 6 rings (SSSR count). The Morgan fingerprint density at radius 1 is 1.00 bits per heavy atom. The highest BCUT2D eigenvalue weighted by Crippen LogP contribution is 2.39. The Morgan fingerprint density at radius 2 is 1.79 bits per heavy atom. The second-order valence-electron chi connectivity index (χ2n) is 9.18. The van der Waals surface area contributed by atoms with Crippen LogP contribution in [0.2, 0.25) is 5.02 Å². The van der Waals surface area contributed by atoms with Crippen molar-refractivity contribution in [1.29, 1.82) is 0 Å². The lowest BCUT2D eigenvalue weighted by atomic mass is 10.0. The molecule has 0 aliphatic carbocycles. The molecule has 2 amide bonds. The highest BCUT2D eigenvalue weighted by molar-refractivity contribution is 7.98. The van der Waals surface area contributed by atoms with Gasteiger partial charge in [0.05, 0.1) is 29.7 Å². The van der Waals surface area contributed by atoms with E-state index in [0.717, 1.165) is 34.0 Å². The molecule has 190 valence electrons. The lowest BCUT2D eigenvalue weighted by molar-refractivity contribution is 0.194. The third-order valence-corrected chi connectivity index (χ3v) is 7.83. The van der Waals surface area contributed by atoms with E-state index in [2.05, 4.69) is 52.7 Å². The zero-order chi connectivity index (χ0) is 26.2. The molecule has 8 heteroatoms. The molecule has 1 aliphatic rings. The lowest BCUT2D eigenvalue weighted by Crippen LogP contribution is -2.38. The molecular formula is C30H26ClN5OS. The van der Waals surface area contributed by atoms with E-state index in [1.165, 1.54) is 4.90 Å². The van der Waals surface area contributed by atoms with Crippen molar-refractivity contribution < 1.29 is 4.79 Å². The molecule has 0 radical (unpaired) electrons. The Hall–Kier alpha value is -3.94. The van der Waals surface area contributed by atoms with E-state index in [9.17, 15) is 4.79 Å². The Labute approximate surface area is 230 Å². The van der Waals surface area contributed by atoms with E-state index in [0.29, 0.717) is 17.3 Å². The fourth-order valence-corrected chi connectivity index (χ4v) is 5.65. The van der Waals surface area contributed by atoms with Gasteiger partial charge in [0.1, 0.15) is 5.82 Å². The number of rotatable bonds is 4. The first-order chi connectivity index (χ1) is 18.5. The maximum atomic E-state index is 14.0. The van der Waals surface area contributed by atoms with Crippen molar-refractivity contribution in [3.05, 3.63) is 125 Å². The third-order valence-electron chi connectivity index (χ3n) is 6.86. The average Bonchev–Trinajstić information content (AvgIpc) is 3.49. The number of fused-ring (bicyclic) bond motifs is 3. The van der Waals surface area contributed by atoms with E-state index < -0.39 is 0 Å². The van der Waals surface area contributed by atoms with Crippen LogP contribution in [0.5, 0.6) is 0 Å². The standard InChI is InChI=1S/C30H26ClN5OS/c1-20-26-19-35(30(37)32-23-9-6-8-22(31)18-23)28(21-13-15-25(38-2)16-14-21)27-12-7-17-34(27)29(26)36(33-20)24-10-4-3-5-11-24/h3-18,28H,19H2,1-2H3,(H,32,37). The summed E-state index contributed by atoms with van der Waals surface area (Å²) in [6.07, 6.45) is 4.11. The number of aryl methyl sites for hydroxylation is 1. The van der Waals surface area contributed by atoms with Crippen molar-refractivity contribution in [2.24, 2.45) is 0 Å². The molecular weight excluding hydrogens is 514 g/mol. The van der Waals surface area contributed by atoms with Gasteiger partial charge in [-0.1, -0.05) is 48.0 Å². The highest BCUT2D eigenvalue weighted by Gasteiger charge is 2.36. The van der Waals surface area contributed by atoms with Crippen LogP contribution in [0.15, 0.2) is 102 Å². The molecule has 38 heavy (non-hydrogen) atoms. The van der Waals surface area contributed by atoms with Crippen LogP contribution in [0.3, 0.4) is 0 Å². The SMILES string of the molecule is CSc1ccc(C2c3cccn3-c3c(c(C)nn3-c3ccccc3)CN2C(=O)Nc2cccc(Cl)c2)cc1. The van der Waals surface area contributed by atoms with Gasteiger partial charge in [-0.25, -0.2) is 9.48 Å². The van der Waals surface area contributed by atoms with E-state index >= 15 is 0 Å². The van der Waals surface area contributed by atoms with E-state index in [4.69, 9.17) is 16.7 Å². The van der Waals surface area contributed by atoms with Crippen LogP contribution in [-0.2, 0) is 6.54 Å². The first-order valence-corrected chi connectivity index (χ1v) is 13.9. The number of nitrogens with zero attached hydrogens (tertiary/aromatic N) is 4. The lowest BCUT2D eigenvalue weighted by Gasteiger charge is -2.31. The number of carbonyl (C=O) groups is 1. The van der Waals surface area contributed by atoms with Crippen molar-refractivity contribution in [3.8, 4) is 11.5 Å². The number of urea groups is 1. The van der Waals surface area contributed by atoms with Crippen molar-refractivity contribution in [2.45, 2.75) is 24.4 Å². The summed E-state index contributed by atoms with van der Waals surface area (Å²) in [5.41, 5.74) is 5.51. The summed E-state index contributed by atoms with van der Waals surface area (Å²) in [5.74, 6) is 0.942. The summed E-state index contributed by atoms with van der Waals surface area (Å²) in [7, 11) is 0. The van der Waals surface area contributed by atoms with Crippen molar-refractivity contribution >= 4 is 35.1 Å². The zero-order valence-corrected chi connectivity index (χ0v) is 22.6. The Kier molecular flexibility index (Phi) is 6.47. The number of hydrogen-bond donors (Lipinski definition) is 1. The zero-order valence-electron chi connectivity index (χ0n) is 21.0. The van der Waals surface area contributed by atoms with E-state index in [1.807, 2.05) is 65.0 Å². The molecule has 0 bridgehead atoms. The van der Waals surface area contributed by atoms with Gasteiger partial charge in [0.15, 0.2) is 0 Å². The Balaban J connectivity index is 1.53. The minimum atomic E-state index is -0.323. The number of anilines is 1. The van der Waals surface area contributed by atoms with E-state index in [1.54, 1.807) is 23.9 Å². The molecule has 1 atom stereocenters. The van der Waals surface area contributed by atoms with E-state index in [-0.39, 0.29) is 12.1 Å². The van der Waals surface area contributed by atoms with Crippen molar-refractivity contribution in [2.75, 3.05) is 11.6 Å². The summed E-state index contributed by atoms with van der Waals surface area (Å²) in [5, 5.41) is 8.55. The monoisotopic (exact) mass is 539 g/mol. The topological polar surface area (TPSA) is 55.1 Å². The van der Waals surface area contributed by atoms with Gasteiger partial charge in [-0.15, -0.1) is 11.8 Å². The van der Waals surface area contributed by atoms with Crippen LogP contribution in [-0.4, -0.2) is 31.5 Å². The van der Waals surface area contributed by atoms with Crippen molar-refractivity contribution in [3.63, 3.8) is 0 Å². The number of hydrogen-bond acceptors (Lipinski definition) is 3. The molecule has 1 N–H and O–H groups in total.